The van der Waals surface area contributed by atoms with E-state index in [-0.39, 0.29) is 6.10 Å². The Balaban J connectivity index is 1.78. The summed E-state index contributed by atoms with van der Waals surface area (Å²) in [6.45, 7) is 7.50. The molecule has 23 heavy (non-hydrogen) atoms. The second kappa shape index (κ2) is 6.28. The third-order valence-electron chi connectivity index (χ3n) is 7.65. The maximum Gasteiger partial charge on any atom is 0.286 e. The van der Waals surface area contributed by atoms with Crippen molar-refractivity contribution < 1.29 is 9.47 Å². The molecule has 0 aliphatic heterocycles. The fourth-order valence-electron chi connectivity index (χ4n) is 6.63. The van der Waals surface area contributed by atoms with Crippen molar-refractivity contribution in [3.63, 3.8) is 0 Å². The lowest BCUT2D eigenvalue weighted by molar-refractivity contribution is -0.0208. The normalized spacial score (nSPS) is 46.0. The highest BCUT2D eigenvalue weighted by atomic mass is 16.5. The monoisotopic (exact) mass is 319 g/mol. The first kappa shape index (κ1) is 17.1. The van der Waals surface area contributed by atoms with Crippen molar-refractivity contribution in [1.82, 2.24) is 0 Å². The topological polar surface area (TPSA) is 42.2 Å². The first-order valence-electron chi connectivity index (χ1n) is 9.48. The first-order chi connectivity index (χ1) is 10.9. The van der Waals surface area contributed by atoms with Crippen molar-refractivity contribution in [3.8, 4) is 6.26 Å². The van der Waals surface area contributed by atoms with Crippen molar-refractivity contribution >= 4 is 0 Å². The Morgan fingerprint density at radius 2 is 1.57 bits per heavy atom. The predicted octanol–water partition coefficient (Wildman–Crippen LogP) is 4.91. The minimum atomic E-state index is 0.157. The van der Waals surface area contributed by atoms with Crippen molar-refractivity contribution in [1.29, 1.82) is 5.26 Å². The van der Waals surface area contributed by atoms with Gasteiger partial charge in [0.05, 0.1) is 6.10 Å². The number of methoxy groups -OCH3 is 1. The molecule has 3 rings (SSSR count). The first-order valence-corrected chi connectivity index (χ1v) is 9.48. The summed E-state index contributed by atoms with van der Waals surface area (Å²) in [6, 6.07) is 0. The van der Waals surface area contributed by atoms with Crippen LogP contribution in [0.4, 0.5) is 0 Å². The van der Waals surface area contributed by atoms with Crippen LogP contribution in [0.25, 0.3) is 0 Å². The number of nitrogens with zero attached hydrogens (tertiary/aromatic N) is 1. The van der Waals surface area contributed by atoms with Crippen LogP contribution in [0.5, 0.6) is 0 Å². The van der Waals surface area contributed by atoms with Crippen LogP contribution in [0.15, 0.2) is 0 Å². The summed E-state index contributed by atoms with van der Waals surface area (Å²) in [5, 5.41) is 8.91. The van der Waals surface area contributed by atoms with Gasteiger partial charge < -0.3 is 9.47 Å². The molecule has 4 atom stereocenters. The molecule has 0 aromatic rings. The lowest BCUT2D eigenvalue weighted by Crippen LogP contribution is -2.40. The minimum absolute atomic E-state index is 0.157. The molecule has 130 valence electrons. The third-order valence-corrected chi connectivity index (χ3v) is 7.65. The Bertz CT molecular complexity index is 461. The number of rotatable bonds is 3. The smallest absolute Gasteiger partial charge is 0.286 e. The van der Waals surface area contributed by atoms with Gasteiger partial charge in [-0.15, -0.1) is 0 Å². The standard InChI is InChI=1S/C20H33NO2/c1-19(2)12-20(3,14-5-7-15(22-4)8-6-14)18-11-16(23-13-21)9-10-17(18)19/h14-18H,5-12H2,1-4H3. The molecule has 3 aliphatic carbocycles. The second-order valence-electron chi connectivity index (χ2n) is 9.24. The van der Waals surface area contributed by atoms with Gasteiger partial charge in [0.1, 0.15) is 6.10 Å². The maximum atomic E-state index is 8.91. The van der Waals surface area contributed by atoms with Crippen molar-refractivity contribution in [3.05, 3.63) is 0 Å². The highest BCUT2D eigenvalue weighted by Crippen LogP contribution is 2.65. The van der Waals surface area contributed by atoms with Crippen LogP contribution in [0.1, 0.15) is 72.1 Å². The number of hydrogen-bond acceptors (Lipinski definition) is 3. The third kappa shape index (κ3) is 3.00. The van der Waals surface area contributed by atoms with Gasteiger partial charge in [-0.1, -0.05) is 20.8 Å². The molecule has 3 nitrogen and oxygen atoms in total. The summed E-state index contributed by atoms with van der Waals surface area (Å²) in [5.41, 5.74) is 0.833. The largest absolute Gasteiger partial charge is 0.424 e. The summed E-state index contributed by atoms with van der Waals surface area (Å²) in [5.74, 6) is 2.32. The number of ether oxygens (including phenoxy) is 2. The molecule has 3 heteroatoms. The molecule has 0 amide bonds. The molecule has 0 spiro atoms. The molecule has 0 radical (unpaired) electrons. The van der Waals surface area contributed by atoms with E-state index in [4.69, 9.17) is 14.7 Å². The van der Waals surface area contributed by atoms with E-state index in [0.29, 0.717) is 22.9 Å². The highest BCUT2D eigenvalue weighted by molar-refractivity contribution is 5.08. The number of nitriles is 1. The highest BCUT2D eigenvalue weighted by Gasteiger charge is 2.58. The van der Waals surface area contributed by atoms with Gasteiger partial charge in [-0.2, -0.15) is 5.26 Å². The zero-order chi connectivity index (χ0) is 16.7. The quantitative estimate of drug-likeness (QED) is 0.694. The van der Waals surface area contributed by atoms with Gasteiger partial charge in [-0.05, 0) is 80.0 Å². The van der Waals surface area contributed by atoms with E-state index < -0.39 is 0 Å². The van der Waals surface area contributed by atoms with Gasteiger partial charge >= 0.3 is 0 Å². The van der Waals surface area contributed by atoms with Crippen LogP contribution in [0.2, 0.25) is 0 Å². The van der Waals surface area contributed by atoms with Crippen molar-refractivity contribution in [2.24, 2.45) is 28.6 Å². The van der Waals surface area contributed by atoms with E-state index in [1.54, 1.807) is 0 Å². The Labute approximate surface area is 141 Å². The van der Waals surface area contributed by atoms with Crippen LogP contribution in [0, 0.1) is 40.1 Å². The minimum Gasteiger partial charge on any atom is -0.424 e. The van der Waals surface area contributed by atoms with E-state index in [2.05, 4.69) is 20.8 Å². The van der Waals surface area contributed by atoms with Crippen LogP contribution >= 0.6 is 0 Å². The van der Waals surface area contributed by atoms with E-state index >= 15 is 0 Å². The van der Waals surface area contributed by atoms with Crippen LogP contribution in [-0.4, -0.2) is 19.3 Å². The van der Waals surface area contributed by atoms with Gasteiger partial charge in [0.25, 0.3) is 6.26 Å². The summed E-state index contributed by atoms with van der Waals surface area (Å²) in [7, 11) is 1.85. The average molecular weight is 319 g/mol. The Hall–Kier alpha value is -0.750. The lowest BCUT2D eigenvalue weighted by Gasteiger charge is -2.46. The summed E-state index contributed by atoms with van der Waals surface area (Å²) in [4.78, 5) is 0. The van der Waals surface area contributed by atoms with Gasteiger partial charge in [0.15, 0.2) is 0 Å². The Kier molecular flexibility index (Phi) is 4.67. The molecule has 3 fully saturated rings. The van der Waals surface area contributed by atoms with Gasteiger partial charge in [0, 0.05) is 7.11 Å². The molecule has 0 aromatic carbocycles. The van der Waals surface area contributed by atoms with E-state index in [9.17, 15) is 0 Å². The summed E-state index contributed by atoms with van der Waals surface area (Å²) >= 11 is 0. The second-order valence-corrected chi connectivity index (χ2v) is 9.24. The van der Waals surface area contributed by atoms with Crippen LogP contribution < -0.4 is 0 Å². The Morgan fingerprint density at radius 1 is 0.913 bits per heavy atom. The molecule has 0 heterocycles. The zero-order valence-corrected chi connectivity index (χ0v) is 15.3. The van der Waals surface area contributed by atoms with Crippen LogP contribution in [0.3, 0.4) is 0 Å². The lowest BCUT2D eigenvalue weighted by atomic mass is 9.60. The molecular weight excluding hydrogens is 286 g/mol. The van der Waals surface area contributed by atoms with Gasteiger partial charge in [0.2, 0.25) is 0 Å². The molecule has 3 aliphatic rings. The molecule has 0 N–H and O–H groups in total. The molecular formula is C20H33NO2. The molecule has 3 saturated carbocycles. The fourth-order valence-corrected chi connectivity index (χ4v) is 6.63. The molecule has 0 bridgehead atoms. The van der Waals surface area contributed by atoms with Crippen molar-refractivity contribution in [2.45, 2.75) is 84.3 Å². The summed E-state index contributed by atoms with van der Waals surface area (Å²) in [6.07, 6.45) is 12.3. The van der Waals surface area contributed by atoms with E-state index in [1.807, 2.05) is 13.4 Å². The number of hydrogen-bond donors (Lipinski definition) is 0. The molecule has 0 saturated heterocycles. The van der Waals surface area contributed by atoms with Crippen molar-refractivity contribution in [2.75, 3.05) is 7.11 Å². The Morgan fingerprint density at radius 3 is 2.17 bits per heavy atom. The fraction of sp³-hybridized carbons (Fsp3) is 0.950. The van der Waals surface area contributed by atoms with E-state index in [1.165, 1.54) is 38.5 Å². The molecule has 4 unspecified atom stereocenters. The maximum absolute atomic E-state index is 8.91. The van der Waals surface area contributed by atoms with Crippen LogP contribution in [-0.2, 0) is 9.47 Å². The summed E-state index contributed by atoms with van der Waals surface area (Å²) < 4.78 is 10.9. The van der Waals surface area contributed by atoms with Gasteiger partial charge in [-0.25, -0.2) is 0 Å². The zero-order valence-electron chi connectivity index (χ0n) is 15.3. The van der Waals surface area contributed by atoms with E-state index in [0.717, 1.165) is 24.7 Å². The SMILES string of the molecule is COC1CCC(C2(C)CC(C)(C)C3CCC(OC#N)CC32)CC1. The molecule has 0 aromatic heterocycles. The number of fused-ring (bicyclic) bond motifs is 1. The van der Waals surface area contributed by atoms with Gasteiger partial charge in [-0.3, -0.25) is 0 Å². The predicted molar refractivity (Wildman–Crippen MR) is 90.6 cm³/mol. The average Bonchev–Trinajstić information content (AvgIpc) is 2.75.